The van der Waals surface area contributed by atoms with Crippen molar-refractivity contribution in [1.29, 1.82) is 0 Å². The number of rotatable bonds is 3. The van der Waals surface area contributed by atoms with Crippen LogP contribution < -0.4 is 9.88 Å². The first-order valence-corrected chi connectivity index (χ1v) is 8.22. The van der Waals surface area contributed by atoms with Crippen LogP contribution in [0.4, 0.5) is 0 Å². The molecule has 0 spiro atoms. The molecule has 2 aromatic heterocycles. The largest absolute Gasteiger partial charge is 0.358 e. The summed E-state index contributed by atoms with van der Waals surface area (Å²) in [4.78, 5) is 8.54. The summed E-state index contributed by atoms with van der Waals surface area (Å²) in [6.07, 6.45) is 6.83. The third kappa shape index (κ3) is 2.22. The topological polar surface area (TPSA) is 34.4 Å². The summed E-state index contributed by atoms with van der Waals surface area (Å²) in [5.41, 5.74) is 5.40. The van der Waals surface area contributed by atoms with Crippen molar-refractivity contribution in [2.45, 2.75) is 25.8 Å². The van der Waals surface area contributed by atoms with Gasteiger partial charge >= 0.3 is 0 Å². The van der Waals surface area contributed by atoms with E-state index in [2.05, 4.69) is 59.5 Å². The number of hydrogen-bond acceptors (Lipinski definition) is 0. The summed E-state index contributed by atoms with van der Waals surface area (Å²) in [6, 6.07) is 13.5. The van der Waals surface area contributed by atoms with Crippen LogP contribution in [0.5, 0.6) is 0 Å². The van der Waals surface area contributed by atoms with Crippen LogP contribution in [-0.4, -0.2) is 18.1 Å². The van der Waals surface area contributed by atoms with E-state index in [0.29, 0.717) is 6.04 Å². The monoisotopic (exact) mass is 293 g/mol. The van der Waals surface area contributed by atoms with Crippen LogP contribution in [0.1, 0.15) is 35.7 Å². The van der Waals surface area contributed by atoms with E-state index >= 15 is 0 Å². The van der Waals surface area contributed by atoms with E-state index in [1.165, 1.54) is 53.7 Å². The first kappa shape index (κ1) is 13.5. The van der Waals surface area contributed by atoms with Gasteiger partial charge in [0.25, 0.3) is 0 Å². The molecular weight excluding hydrogens is 270 g/mol. The van der Waals surface area contributed by atoms with Crippen LogP contribution in [0.3, 0.4) is 0 Å². The minimum atomic E-state index is 0.413. The lowest BCUT2D eigenvalue weighted by molar-refractivity contribution is -0.913. The fourth-order valence-corrected chi connectivity index (χ4v) is 3.98. The fourth-order valence-electron chi connectivity index (χ4n) is 3.98. The van der Waals surface area contributed by atoms with Crippen molar-refractivity contribution in [2.75, 3.05) is 13.1 Å². The van der Waals surface area contributed by atoms with E-state index in [-0.39, 0.29) is 0 Å². The Morgan fingerprint density at radius 3 is 2.68 bits per heavy atom. The minimum Gasteiger partial charge on any atom is -0.358 e. The molecule has 1 unspecified atom stereocenters. The Kier molecular flexibility index (Phi) is 3.43. The van der Waals surface area contributed by atoms with Gasteiger partial charge in [-0.2, -0.15) is 0 Å². The molecule has 0 radical (unpaired) electrons. The molecule has 0 amide bonds. The van der Waals surface area contributed by atoms with E-state index in [1.807, 2.05) is 6.20 Å². The molecule has 1 fully saturated rings. The number of para-hydroxylation sites is 1. The molecule has 1 saturated heterocycles. The van der Waals surface area contributed by atoms with Crippen LogP contribution in [0.15, 0.2) is 48.8 Å². The Labute approximate surface area is 131 Å². The number of fused-ring (bicyclic) bond motifs is 1. The standard InChI is InChI=1S/C19H21N3/c1-14-18(16-8-2-3-9-17(16)21-14)19(22-11-4-5-12-22)15-7-6-10-20-13-15/h2-3,6-10,13,19,21H,4-5,11-12H2,1H3/p+2. The number of likely N-dealkylation sites (tertiary alicyclic amines) is 1. The van der Waals surface area contributed by atoms with Gasteiger partial charge in [0.05, 0.1) is 18.7 Å². The number of aromatic amines is 2. The molecule has 0 bridgehead atoms. The number of nitrogens with one attached hydrogen (secondary N) is 3. The highest BCUT2D eigenvalue weighted by Gasteiger charge is 2.33. The first-order valence-electron chi connectivity index (χ1n) is 8.22. The van der Waals surface area contributed by atoms with Crippen LogP contribution in [0.25, 0.3) is 10.9 Å². The van der Waals surface area contributed by atoms with Gasteiger partial charge < -0.3 is 9.88 Å². The van der Waals surface area contributed by atoms with Gasteiger partial charge in [0.1, 0.15) is 6.04 Å². The van der Waals surface area contributed by atoms with E-state index < -0.39 is 0 Å². The lowest BCUT2D eigenvalue weighted by Gasteiger charge is -2.24. The highest BCUT2D eigenvalue weighted by atomic mass is 15.2. The SMILES string of the molecule is Cc1[nH]c2ccccc2c1C(c1ccc[nH+]c1)[NH+]1CCCC1. The van der Waals surface area contributed by atoms with Crippen molar-refractivity contribution >= 4 is 10.9 Å². The molecule has 3 heterocycles. The lowest BCUT2D eigenvalue weighted by atomic mass is 9.96. The quantitative estimate of drug-likeness (QED) is 0.741. The average Bonchev–Trinajstić information content (AvgIpc) is 3.18. The molecule has 1 aromatic carbocycles. The van der Waals surface area contributed by atoms with E-state index in [9.17, 15) is 0 Å². The van der Waals surface area contributed by atoms with Gasteiger partial charge in [-0.05, 0) is 19.1 Å². The first-order chi connectivity index (χ1) is 10.8. The average molecular weight is 293 g/mol. The second-order valence-electron chi connectivity index (χ2n) is 6.34. The van der Waals surface area contributed by atoms with Crippen LogP contribution in [0.2, 0.25) is 0 Å². The Hall–Kier alpha value is -2.13. The molecule has 1 aliphatic heterocycles. The van der Waals surface area contributed by atoms with Gasteiger partial charge in [0.2, 0.25) is 0 Å². The fraction of sp³-hybridized carbons (Fsp3) is 0.316. The maximum absolute atomic E-state index is 3.58. The Morgan fingerprint density at radius 1 is 1.09 bits per heavy atom. The summed E-state index contributed by atoms with van der Waals surface area (Å²) in [7, 11) is 0. The number of benzene rings is 1. The third-order valence-corrected chi connectivity index (χ3v) is 4.95. The molecule has 112 valence electrons. The van der Waals surface area contributed by atoms with Crippen molar-refractivity contribution in [3.63, 3.8) is 0 Å². The normalized spacial score (nSPS) is 17.1. The highest BCUT2D eigenvalue weighted by Crippen LogP contribution is 2.30. The minimum absolute atomic E-state index is 0.413. The summed E-state index contributed by atoms with van der Waals surface area (Å²) in [5, 5.41) is 1.37. The van der Waals surface area contributed by atoms with Gasteiger partial charge in [-0.15, -0.1) is 0 Å². The van der Waals surface area contributed by atoms with Gasteiger partial charge in [0, 0.05) is 41.1 Å². The molecule has 4 rings (SSSR count). The number of aromatic nitrogens is 2. The molecule has 3 aromatic rings. The third-order valence-electron chi connectivity index (χ3n) is 4.95. The summed E-state index contributed by atoms with van der Waals surface area (Å²) in [5.74, 6) is 0. The molecule has 1 atom stereocenters. The number of pyridine rings is 1. The van der Waals surface area contributed by atoms with E-state index in [1.54, 1.807) is 4.90 Å². The van der Waals surface area contributed by atoms with Gasteiger partial charge in [-0.3, -0.25) is 0 Å². The lowest BCUT2D eigenvalue weighted by Crippen LogP contribution is -3.10. The van der Waals surface area contributed by atoms with E-state index in [0.717, 1.165) is 0 Å². The summed E-state index contributed by atoms with van der Waals surface area (Å²) < 4.78 is 0. The predicted octanol–water partition coefficient (Wildman–Crippen LogP) is 2.06. The molecule has 3 heteroatoms. The Balaban J connectivity index is 1.91. The zero-order chi connectivity index (χ0) is 14.9. The maximum Gasteiger partial charge on any atom is 0.176 e. The smallest absolute Gasteiger partial charge is 0.176 e. The van der Waals surface area contributed by atoms with Crippen LogP contribution in [0, 0.1) is 6.92 Å². The van der Waals surface area contributed by atoms with Crippen molar-refractivity contribution < 1.29 is 9.88 Å². The Bertz CT molecular complexity index is 770. The van der Waals surface area contributed by atoms with Crippen LogP contribution in [-0.2, 0) is 0 Å². The highest BCUT2D eigenvalue weighted by molar-refractivity contribution is 5.85. The van der Waals surface area contributed by atoms with Crippen molar-refractivity contribution in [1.82, 2.24) is 4.98 Å². The van der Waals surface area contributed by atoms with Gasteiger partial charge in [-0.1, -0.05) is 18.2 Å². The second kappa shape index (κ2) is 5.58. The number of H-pyrrole nitrogens is 2. The maximum atomic E-state index is 3.58. The predicted molar refractivity (Wildman–Crippen MR) is 87.8 cm³/mol. The number of aryl methyl sites for hydroxylation is 1. The molecule has 0 saturated carbocycles. The number of hydrogen-bond donors (Lipinski definition) is 2. The van der Waals surface area contributed by atoms with Crippen molar-refractivity contribution in [3.8, 4) is 0 Å². The molecule has 0 aliphatic carbocycles. The molecular formula is C19H23N3+2. The van der Waals surface area contributed by atoms with Gasteiger partial charge in [-0.25, -0.2) is 4.98 Å². The van der Waals surface area contributed by atoms with Crippen molar-refractivity contribution in [3.05, 3.63) is 65.6 Å². The van der Waals surface area contributed by atoms with Crippen molar-refractivity contribution in [2.24, 2.45) is 0 Å². The van der Waals surface area contributed by atoms with E-state index in [4.69, 9.17) is 0 Å². The molecule has 3 N–H and O–H groups in total. The van der Waals surface area contributed by atoms with Crippen LogP contribution >= 0.6 is 0 Å². The molecule has 3 nitrogen and oxygen atoms in total. The molecule has 22 heavy (non-hydrogen) atoms. The summed E-state index contributed by atoms with van der Waals surface area (Å²) >= 11 is 0. The zero-order valence-corrected chi connectivity index (χ0v) is 13.0. The summed E-state index contributed by atoms with van der Waals surface area (Å²) in [6.45, 7) is 4.74. The zero-order valence-electron chi connectivity index (χ0n) is 13.0. The molecule has 1 aliphatic rings. The van der Waals surface area contributed by atoms with Gasteiger partial charge in [0.15, 0.2) is 12.4 Å². The second-order valence-corrected chi connectivity index (χ2v) is 6.34. The Morgan fingerprint density at radius 2 is 1.91 bits per heavy atom. The number of quaternary nitrogens is 1.